The molecule has 0 saturated carbocycles. The van der Waals surface area contributed by atoms with Crippen molar-refractivity contribution in [2.45, 2.75) is 19.9 Å². The summed E-state index contributed by atoms with van der Waals surface area (Å²) in [6.45, 7) is 2.87. The van der Waals surface area contributed by atoms with Gasteiger partial charge in [-0.05, 0) is 30.7 Å². The fourth-order valence-electron chi connectivity index (χ4n) is 3.31. The van der Waals surface area contributed by atoms with Gasteiger partial charge < -0.3 is 18.6 Å². The molecule has 4 aromatic rings. The maximum Gasteiger partial charge on any atom is 0.263 e. The molecule has 0 atom stereocenters. The zero-order valence-electron chi connectivity index (χ0n) is 16.5. The molecule has 0 amide bonds. The van der Waals surface area contributed by atoms with Crippen molar-refractivity contribution in [3.05, 3.63) is 58.9 Å². The normalized spacial score (nSPS) is 11.0. The third kappa shape index (κ3) is 3.47. The van der Waals surface area contributed by atoms with E-state index in [1.165, 1.54) is 0 Å². The van der Waals surface area contributed by atoms with Crippen molar-refractivity contribution in [3.8, 4) is 34.3 Å². The van der Waals surface area contributed by atoms with Crippen LogP contribution < -0.4 is 14.9 Å². The summed E-state index contributed by atoms with van der Waals surface area (Å²) in [5.41, 5.74) is 1.81. The largest absolute Gasteiger partial charge is 0.497 e. The molecule has 0 aliphatic rings. The lowest BCUT2D eigenvalue weighted by molar-refractivity contribution is 0.394. The van der Waals surface area contributed by atoms with Crippen LogP contribution in [0.5, 0.6) is 11.5 Å². The van der Waals surface area contributed by atoms with Crippen LogP contribution in [0.15, 0.2) is 58.0 Å². The number of methoxy groups -OCH3 is 2. The highest BCUT2D eigenvalue weighted by Gasteiger charge is 2.18. The van der Waals surface area contributed by atoms with Gasteiger partial charge in [0, 0.05) is 29.8 Å². The lowest BCUT2D eigenvalue weighted by Gasteiger charge is -2.11. The second kappa shape index (κ2) is 7.79. The number of fused-ring (bicyclic) bond motifs is 1. The van der Waals surface area contributed by atoms with Gasteiger partial charge in [-0.25, -0.2) is 0 Å². The van der Waals surface area contributed by atoms with Crippen LogP contribution in [0.2, 0.25) is 0 Å². The number of hydrogen-bond acceptors (Lipinski definition) is 6. The molecule has 0 spiro atoms. The Morgan fingerprint density at radius 2 is 1.79 bits per heavy atom. The molecule has 0 radical (unpaired) electrons. The van der Waals surface area contributed by atoms with Gasteiger partial charge in [0.2, 0.25) is 11.3 Å². The minimum Gasteiger partial charge on any atom is -0.497 e. The molecule has 2 heterocycles. The summed E-state index contributed by atoms with van der Waals surface area (Å²) >= 11 is 0. The van der Waals surface area contributed by atoms with E-state index in [1.54, 1.807) is 38.6 Å². The third-order valence-corrected chi connectivity index (χ3v) is 4.72. The lowest BCUT2D eigenvalue weighted by atomic mass is 10.1. The molecular weight excluding hydrogens is 370 g/mol. The van der Waals surface area contributed by atoms with E-state index in [2.05, 4.69) is 17.1 Å². The average molecular weight is 391 g/mol. The highest BCUT2D eigenvalue weighted by molar-refractivity contribution is 5.82. The molecule has 0 N–H and O–H groups in total. The van der Waals surface area contributed by atoms with Crippen LogP contribution in [0, 0.1) is 0 Å². The minimum absolute atomic E-state index is 0.133. The number of rotatable bonds is 6. The summed E-state index contributed by atoms with van der Waals surface area (Å²) in [6, 6.07) is 12.9. The highest BCUT2D eigenvalue weighted by atomic mass is 16.5. The van der Waals surface area contributed by atoms with E-state index in [0.717, 1.165) is 18.5 Å². The Labute approximate surface area is 167 Å². The molecule has 7 heteroatoms. The van der Waals surface area contributed by atoms with Gasteiger partial charge in [-0.1, -0.05) is 24.2 Å². The van der Waals surface area contributed by atoms with Gasteiger partial charge in [0.05, 0.1) is 19.7 Å². The Morgan fingerprint density at radius 1 is 1.07 bits per heavy atom. The second-order valence-electron chi connectivity index (χ2n) is 6.61. The van der Waals surface area contributed by atoms with Crippen molar-refractivity contribution < 1.29 is 14.0 Å². The van der Waals surface area contributed by atoms with Crippen molar-refractivity contribution >= 4 is 10.9 Å². The smallest absolute Gasteiger partial charge is 0.263 e. The van der Waals surface area contributed by atoms with Gasteiger partial charge in [-0.2, -0.15) is 4.98 Å². The first-order valence-electron chi connectivity index (χ1n) is 9.34. The first-order valence-corrected chi connectivity index (χ1v) is 9.34. The molecule has 0 saturated heterocycles. The number of hydrogen-bond donors (Lipinski definition) is 0. The highest BCUT2D eigenvalue weighted by Crippen LogP contribution is 2.29. The summed E-state index contributed by atoms with van der Waals surface area (Å²) in [6.07, 6.45) is 2.72. The number of benzene rings is 2. The maximum absolute atomic E-state index is 13.1. The number of aryl methyl sites for hydroxylation is 1. The molecular formula is C22H21N3O4. The SMILES string of the molecule is CCCn1cc(-c2nc(-c3cc(OC)cc(OC)c3)no2)c(=O)c2ccccc21. The maximum atomic E-state index is 13.1. The quantitative estimate of drug-likeness (QED) is 0.491. The number of ether oxygens (including phenoxy) is 2. The second-order valence-corrected chi connectivity index (χ2v) is 6.61. The predicted molar refractivity (Wildman–Crippen MR) is 110 cm³/mol. The molecule has 4 rings (SSSR count). The molecule has 2 aromatic carbocycles. The van der Waals surface area contributed by atoms with Crippen molar-refractivity contribution in [3.63, 3.8) is 0 Å². The minimum atomic E-state index is -0.133. The van der Waals surface area contributed by atoms with Gasteiger partial charge in [0.25, 0.3) is 5.89 Å². The topological polar surface area (TPSA) is 79.4 Å². The van der Waals surface area contributed by atoms with Gasteiger partial charge >= 0.3 is 0 Å². The number of aromatic nitrogens is 3. The van der Waals surface area contributed by atoms with Gasteiger partial charge in [0.1, 0.15) is 17.1 Å². The molecule has 148 valence electrons. The summed E-state index contributed by atoms with van der Waals surface area (Å²) in [5.74, 6) is 1.76. The van der Waals surface area contributed by atoms with Gasteiger partial charge in [-0.15, -0.1) is 0 Å². The number of nitrogens with zero attached hydrogens (tertiary/aromatic N) is 3. The summed E-state index contributed by atoms with van der Waals surface area (Å²) in [4.78, 5) is 17.5. The van der Waals surface area contributed by atoms with Gasteiger partial charge in [-0.3, -0.25) is 4.79 Å². The fourth-order valence-corrected chi connectivity index (χ4v) is 3.31. The molecule has 0 unspecified atom stereocenters. The zero-order chi connectivity index (χ0) is 20.4. The van der Waals surface area contributed by atoms with Crippen molar-refractivity contribution in [1.29, 1.82) is 0 Å². The Balaban J connectivity index is 1.84. The monoisotopic (exact) mass is 391 g/mol. The van der Waals surface area contributed by atoms with Crippen molar-refractivity contribution in [2.75, 3.05) is 14.2 Å². The van der Waals surface area contributed by atoms with Crippen LogP contribution in [-0.4, -0.2) is 28.9 Å². The van der Waals surface area contributed by atoms with E-state index in [9.17, 15) is 4.79 Å². The Bertz CT molecular complexity index is 1200. The van der Waals surface area contributed by atoms with Crippen molar-refractivity contribution in [1.82, 2.24) is 14.7 Å². The molecule has 29 heavy (non-hydrogen) atoms. The lowest BCUT2D eigenvalue weighted by Crippen LogP contribution is -2.12. The molecule has 0 bridgehead atoms. The van der Waals surface area contributed by atoms with E-state index < -0.39 is 0 Å². The van der Waals surface area contributed by atoms with Gasteiger partial charge in [0.15, 0.2) is 0 Å². The number of pyridine rings is 1. The molecule has 0 aliphatic heterocycles. The van der Waals surface area contributed by atoms with E-state index in [1.807, 2.05) is 28.8 Å². The van der Waals surface area contributed by atoms with E-state index >= 15 is 0 Å². The Kier molecular flexibility index (Phi) is 5.03. The summed E-state index contributed by atoms with van der Waals surface area (Å²) in [7, 11) is 3.15. The van der Waals surface area contributed by atoms with Crippen LogP contribution in [0.1, 0.15) is 13.3 Å². The van der Waals surface area contributed by atoms with Crippen LogP contribution >= 0.6 is 0 Å². The summed E-state index contributed by atoms with van der Waals surface area (Å²) in [5, 5.41) is 4.69. The van der Waals surface area contributed by atoms with E-state index in [0.29, 0.717) is 33.8 Å². The van der Waals surface area contributed by atoms with Crippen LogP contribution in [0.25, 0.3) is 33.7 Å². The van der Waals surface area contributed by atoms with E-state index in [4.69, 9.17) is 14.0 Å². The standard InChI is InChI=1S/C22H21N3O4/c1-4-9-25-13-18(20(26)17-7-5-6-8-19(17)25)22-23-21(24-29-22)14-10-15(27-2)12-16(11-14)28-3/h5-8,10-13H,4,9H2,1-3H3. The molecule has 2 aromatic heterocycles. The predicted octanol–water partition coefficient (Wildman–Crippen LogP) is 4.15. The average Bonchev–Trinajstić information content (AvgIpc) is 3.25. The van der Waals surface area contributed by atoms with Crippen molar-refractivity contribution in [2.24, 2.45) is 0 Å². The molecule has 0 fully saturated rings. The molecule has 0 aliphatic carbocycles. The number of para-hydroxylation sites is 1. The Morgan fingerprint density at radius 3 is 2.48 bits per heavy atom. The third-order valence-electron chi connectivity index (χ3n) is 4.72. The molecule has 7 nitrogen and oxygen atoms in total. The van der Waals surface area contributed by atoms with Crippen LogP contribution in [-0.2, 0) is 6.54 Å². The van der Waals surface area contributed by atoms with E-state index in [-0.39, 0.29) is 11.3 Å². The Hall–Kier alpha value is -3.61. The van der Waals surface area contributed by atoms with Crippen LogP contribution in [0.3, 0.4) is 0 Å². The first kappa shape index (κ1) is 18.7. The fraction of sp³-hybridized carbons (Fsp3) is 0.227. The zero-order valence-corrected chi connectivity index (χ0v) is 16.5. The van der Waals surface area contributed by atoms with Crippen LogP contribution in [0.4, 0.5) is 0 Å². The first-order chi connectivity index (χ1) is 14.1. The summed E-state index contributed by atoms with van der Waals surface area (Å²) < 4.78 is 18.1.